The molecule has 1 heterocycles. The van der Waals surface area contributed by atoms with Crippen LogP contribution in [0.25, 0.3) is 11.1 Å². The molecule has 2 aromatic carbocycles. The van der Waals surface area contributed by atoms with Crippen LogP contribution in [0, 0.1) is 18.3 Å². The summed E-state index contributed by atoms with van der Waals surface area (Å²) in [6, 6.07) is 14.3. The second-order valence-corrected chi connectivity index (χ2v) is 8.42. The third-order valence-electron chi connectivity index (χ3n) is 5.77. The Morgan fingerprint density at radius 2 is 1.93 bits per heavy atom. The average Bonchev–Trinajstić information content (AvgIpc) is 2.74. The van der Waals surface area contributed by atoms with E-state index in [0.29, 0.717) is 18.9 Å². The Balaban J connectivity index is 1.84. The molecule has 160 valence electrons. The number of rotatable bonds is 8. The largest absolute Gasteiger partial charge is 0.384 e. The zero-order valence-corrected chi connectivity index (χ0v) is 18.2. The number of amides is 1. The van der Waals surface area contributed by atoms with Crippen LogP contribution in [-0.2, 0) is 11.3 Å². The van der Waals surface area contributed by atoms with Crippen LogP contribution >= 0.6 is 0 Å². The Hall–Kier alpha value is -2.66. The quantitative estimate of drug-likeness (QED) is 0.456. The lowest BCUT2D eigenvalue weighted by Crippen LogP contribution is -2.39. The van der Waals surface area contributed by atoms with E-state index in [9.17, 15) is 4.79 Å². The zero-order chi connectivity index (χ0) is 21.5. The van der Waals surface area contributed by atoms with Gasteiger partial charge in [-0.3, -0.25) is 10.2 Å². The lowest BCUT2D eigenvalue weighted by atomic mass is 9.96. The van der Waals surface area contributed by atoms with Crippen molar-refractivity contribution in [3.63, 3.8) is 0 Å². The van der Waals surface area contributed by atoms with E-state index in [0.717, 1.165) is 61.2 Å². The van der Waals surface area contributed by atoms with E-state index in [1.54, 1.807) is 0 Å². The number of nitrogen functional groups attached to an aromatic ring is 1. The lowest BCUT2D eigenvalue weighted by Gasteiger charge is -2.30. The van der Waals surface area contributed by atoms with Crippen molar-refractivity contribution in [2.75, 3.05) is 19.6 Å². The van der Waals surface area contributed by atoms with E-state index in [1.807, 2.05) is 24.3 Å². The highest BCUT2D eigenvalue weighted by molar-refractivity contribution is 5.96. The number of piperidine rings is 1. The molecule has 30 heavy (non-hydrogen) atoms. The topological polar surface area (TPSA) is 82.2 Å². The molecule has 1 aliphatic rings. The van der Waals surface area contributed by atoms with Crippen molar-refractivity contribution in [2.45, 2.75) is 46.1 Å². The van der Waals surface area contributed by atoms with E-state index in [2.05, 4.69) is 42.3 Å². The van der Waals surface area contributed by atoms with Gasteiger partial charge in [0.2, 0.25) is 5.91 Å². The number of hydrogen-bond donors (Lipinski definition) is 3. The number of nitrogens with one attached hydrogen (secondary N) is 2. The molecule has 0 aliphatic carbocycles. The number of nitrogens with two attached hydrogens (primary N) is 1. The third-order valence-corrected chi connectivity index (χ3v) is 5.77. The molecule has 0 aromatic heterocycles. The molecular formula is C25H34N4O. The molecule has 0 atom stereocenters. The number of amidine groups is 1. The van der Waals surface area contributed by atoms with Crippen LogP contribution < -0.4 is 11.1 Å². The Kier molecular flexibility index (Phi) is 7.63. The van der Waals surface area contributed by atoms with Gasteiger partial charge in [0.05, 0.1) is 0 Å². The van der Waals surface area contributed by atoms with Gasteiger partial charge < -0.3 is 16.0 Å². The SMILES string of the molecule is CCCC(=O)N(Cc1cc(C)cc(-c2cccc(C(=N)N)c2)c1)CC1CCNCC1. The first-order valence-electron chi connectivity index (χ1n) is 11.0. The average molecular weight is 407 g/mol. The molecule has 1 aliphatic heterocycles. The first kappa shape index (κ1) is 22.0. The summed E-state index contributed by atoms with van der Waals surface area (Å²) < 4.78 is 0. The highest BCUT2D eigenvalue weighted by atomic mass is 16.2. The maximum atomic E-state index is 12.9. The summed E-state index contributed by atoms with van der Waals surface area (Å²) in [5, 5.41) is 11.1. The zero-order valence-electron chi connectivity index (χ0n) is 18.2. The van der Waals surface area contributed by atoms with Crippen LogP contribution in [0.1, 0.15) is 49.3 Å². The summed E-state index contributed by atoms with van der Waals surface area (Å²) in [4.78, 5) is 14.9. The van der Waals surface area contributed by atoms with E-state index < -0.39 is 0 Å². The summed E-state index contributed by atoms with van der Waals surface area (Å²) >= 11 is 0. The molecule has 2 aromatic rings. The predicted molar refractivity (Wildman–Crippen MR) is 124 cm³/mol. The van der Waals surface area contributed by atoms with Crippen molar-refractivity contribution >= 4 is 11.7 Å². The van der Waals surface area contributed by atoms with Crippen molar-refractivity contribution in [3.05, 3.63) is 59.2 Å². The minimum absolute atomic E-state index is 0.0723. The molecule has 1 amide bonds. The Bertz CT molecular complexity index is 886. The molecule has 1 fully saturated rings. The predicted octanol–water partition coefficient (Wildman–Crippen LogP) is 4.07. The van der Waals surface area contributed by atoms with Crippen molar-refractivity contribution in [3.8, 4) is 11.1 Å². The monoisotopic (exact) mass is 406 g/mol. The lowest BCUT2D eigenvalue weighted by molar-refractivity contribution is -0.132. The van der Waals surface area contributed by atoms with Gasteiger partial charge in [0.1, 0.15) is 5.84 Å². The van der Waals surface area contributed by atoms with Crippen molar-refractivity contribution < 1.29 is 4.79 Å². The van der Waals surface area contributed by atoms with Crippen LogP contribution in [0.3, 0.4) is 0 Å². The molecule has 5 heteroatoms. The van der Waals surface area contributed by atoms with Gasteiger partial charge in [0.15, 0.2) is 0 Å². The van der Waals surface area contributed by atoms with Gasteiger partial charge >= 0.3 is 0 Å². The van der Waals surface area contributed by atoms with Gasteiger partial charge in [-0.05, 0) is 74.0 Å². The smallest absolute Gasteiger partial charge is 0.222 e. The summed E-state index contributed by atoms with van der Waals surface area (Å²) in [7, 11) is 0. The minimum atomic E-state index is 0.0723. The second-order valence-electron chi connectivity index (χ2n) is 8.42. The van der Waals surface area contributed by atoms with Gasteiger partial charge in [-0.1, -0.05) is 42.8 Å². The van der Waals surface area contributed by atoms with E-state index in [4.69, 9.17) is 11.1 Å². The number of nitrogens with zero attached hydrogens (tertiary/aromatic N) is 1. The van der Waals surface area contributed by atoms with Crippen LogP contribution in [0.15, 0.2) is 42.5 Å². The highest BCUT2D eigenvalue weighted by Gasteiger charge is 2.21. The highest BCUT2D eigenvalue weighted by Crippen LogP contribution is 2.25. The standard InChI is InChI=1S/C25H34N4O/c1-3-5-24(30)29(16-19-8-10-28-11-9-19)17-20-12-18(2)13-23(14-20)21-6-4-7-22(15-21)25(26)27/h4,6-7,12-15,19,28H,3,5,8-11,16-17H2,1-2H3,(H3,26,27). The van der Waals surface area contributed by atoms with Gasteiger partial charge in [-0.15, -0.1) is 0 Å². The fourth-order valence-electron chi connectivity index (χ4n) is 4.21. The molecule has 0 spiro atoms. The van der Waals surface area contributed by atoms with Gasteiger partial charge in [-0.2, -0.15) is 0 Å². The molecule has 0 radical (unpaired) electrons. The third kappa shape index (κ3) is 5.92. The van der Waals surface area contributed by atoms with Gasteiger partial charge in [-0.25, -0.2) is 0 Å². The first-order valence-corrected chi connectivity index (χ1v) is 11.0. The second kappa shape index (κ2) is 10.4. The van der Waals surface area contributed by atoms with Crippen molar-refractivity contribution in [1.82, 2.24) is 10.2 Å². The summed E-state index contributed by atoms with van der Waals surface area (Å²) in [5.74, 6) is 0.893. The van der Waals surface area contributed by atoms with Crippen LogP contribution in [0.2, 0.25) is 0 Å². The first-order chi connectivity index (χ1) is 14.5. The van der Waals surface area contributed by atoms with Crippen LogP contribution in [0.5, 0.6) is 0 Å². The number of carbonyl (C=O) groups is 1. The molecule has 0 saturated carbocycles. The molecule has 5 nitrogen and oxygen atoms in total. The number of aryl methyl sites for hydroxylation is 1. The van der Waals surface area contributed by atoms with Gasteiger partial charge in [0.25, 0.3) is 0 Å². The number of benzene rings is 2. The molecule has 0 bridgehead atoms. The normalized spacial score (nSPS) is 14.5. The molecule has 0 unspecified atom stereocenters. The Morgan fingerprint density at radius 3 is 2.63 bits per heavy atom. The summed E-state index contributed by atoms with van der Waals surface area (Å²) in [6.45, 7) is 7.72. The van der Waals surface area contributed by atoms with Crippen LogP contribution in [-0.4, -0.2) is 36.3 Å². The maximum Gasteiger partial charge on any atom is 0.222 e. The summed E-state index contributed by atoms with van der Waals surface area (Å²) in [6.07, 6.45) is 3.74. The van der Waals surface area contributed by atoms with E-state index >= 15 is 0 Å². The molecular weight excluding hydrogens is 372 g/mol. The van der Waals surface area contributed by atoms with Crippen molar-refractivity contribution in [2.24, 2.45) is 11.7 Å². The number of carbonyl (C=O) groups excluding carboxylic acids is 1. The molecule has 4 N–H and O–H groups in total. The Labute approximate surface area is 180 Å². The Morgan fingerprint density at radius 1 is 1.17 bits per heavy atom. The van der Waals surface area contributed by atoms with Crippen LogP contribution in [0.4, 0.5) is 0 Å². The maximum absolute atomic E-state index is 12.9. The fourth-order valence-corrected chi connectivity index (χ4v) is 4.21. The summed E-state index contributed by atoms with van der Waals surface area (Å²) in [5.41, 5.74) is 10.8. The number of hydrogen-bond acceptors (Lipinski definition) is 3. The molecule has 1 saturated heterocycles. The fraction of sp³-hybridized carbons (Fsp3) is 0.440. The van der Waals surface area contributed by atoms with Gasteiger partial charge in [0, 0.05) is 25.1 Å². The molecule has 3 rings (SSSR count). The van der Waals surface area contributed by atoms with E-state index in [-0.39, 0.29) is 11.7 Å². The minimum Gasteiger partial charge on any atom is -0.384 e. The van der Waals surface area contributed by atoms with E-state index in [1.165, 1.54) is 5.56 Å². The van der Waals surface area contributed by atoms with Crippen molar-refractivity contribution in [1.29, 1.82) is 5.41 Å².